The maximum Gasteiger partial charge on any atom is 0.260 e. The van der Waals surface area contributed by atoms with Gasteiger partial charge in [0.25, 0.3) is 5.91 Å². The van der Waals surface area contributed by atoms with Crippen LogP contribution in [0.15, 0.2) is 47.6 Å². The van der Waals surface area contributed by atoms with Gasteiger partial charge in [-0.1, -0.05) is 46.9 Å². The number of nitrogens with zero attached hydrogens (tertiary/aromatic N) is 2. The fourth-order valence-corrected chi connectivity index (χ4v) is 3.63. The number of anilines is 1. The number of halogens is 3. The summed E-state index contributed by atoms with van der Waals surface area (Å²) in [5, 5.41) is 5.08. The van der Waals surface area contributed by atoms with Gasteiger partial charge < -0.3 is 0 Å². The van der Waals surface area contributed by atoms with E-state index < -0.39 is 22.5 Å². The highest BCUT2D eigenvalue weighted by atomic mass is 35.5. The molecule has 0 aliphatic heterocycles. The zero-order valence-electron chi connectivity index (χ0n) is 14.4. The molecule has 2 aromatic carbocycles. The second kappa shape index (κ2) is 8.93. The first kappa shape index (κ1) is 21.5. The van der Waals surface area contributed by atoms with Crippen molar-refractivity contribution in [3.05, 3.63) is 63.1 Å². The van der Waals surface area contributed by atoms with E-state index in [2.05, 4.69) is 10.5 Å². The fraction of sp³-hybridized carbons (Fsp3) is 0.176. The van der Waals surface area contributed by atoms with Crippen LogP contribution in [0.2, 0.25) is 15.1 Å². The lowest BCUT2D eigenvalue weighted by molar-refractivity contribution is -0.119. The Morgan fingerprint density at radius 2 is 1.59 bits per heavy atom. The quantitative estimate of drug-likeness (QED) is 0.537. The molecule has 2 rings (SSSR count). The largest absolute Gasteiger partial charge is 0.271 e. The monoisotopic (exact) mass is 447 g/mol. The van der Waals surface area contributed by atoms with Crippen LogP contribution < -0.4 is 9.73 Å². The molecule has 1 amide bonds. The molecule has 144 valence electrons. The van der Waals surface area contributed by atoms with Crippen molar-refractivity contribution >= 4 is 62.1 Å². The third-order valence-electron chi connectivity index (χ3n) is 3.43. The summed E-state index contributed by atoms with van der Waals surface area (Å²) >= 11 is 17.7. The predicted molar refractivity (Wildman–Crippen MR) is 110 cm³/mol. The molecule has 0 spiro atoms. The smallest absolute Gasteiger partial charge is 0.260 e. The Kier molecular flexibility index (Phi) is 7.11. The Morgan fingerprint density at radius 1 is 1.04 bits per heavy atom. The molecule has 0 aliphatic rings. The minimum Gasteiger partial charge on any atom is -0.271 e. The van der Waals surface area contributed by atoms with Crippen LogP contribution in [-0.2, 0) is 14.8 Å². The van der Waals surface area contributed by atoms with Crippen molar-refractivity contribution in [1.82, 2.24) is 5.43 Å². The molecule has 10 heteroatoms. The van der Waals surface area contributed by atoms with Gasteiger partial charge in [-0.05, 0) is 42.8 Å². The molecule has 0 radical (unpaired) electrons. The zero-order chi connectivity index (χ0) is 20.2. The van der Waals surface area contributed by atoms with Gasteiger partial charge in [0.1, 0.15) is 6.54 Å². The highest BCUT2D eigenvalue weighted by molar-refractivity contribution is 7.92. The molecule has 0 fully saturated rings. The predicted octanol–water partition coefficient (Wildman–Crippen LogP) is 3.95. The van der Waals surface area contributed by atoms with Gasteiger partial charge in [-0.15, -0.1) is 0 Å². The van der Waals surface area contributed by atoms with Crippen molar-refractivity contribution < 1.29 is 13.2 Å². The number of hydrogen-bond donors (Lipinski definition) is 1. The summed E-state index contributed by atoms with van der Waals surface area (Å²) in [7, 11) is -3.75. The Balaban J connectivity index is 2.17. The third kappa shape index (κ3) is 6.39. The summed E-state index contributed by atoms with van der Waals surface area (Å²) in [4.78, 5) is 12.2. The summed E-state index contributed by atoms with van der Waals surface area (Å²) in [5.41, 5.74) is 3.83. The van der Waals surface area contributed by atoms with Crippen molar-refractivity contribution in [3.8, 4) is 0 Å². The van der Waals surface area contributed by atoms with Gasteiger partial charge in [0, 0.05) is 15.1 Å². The number of amides is 1. The van der Waals surface area contributed by atoms with E-state index in [-0.39, 0.29) is 15.7 Å². The molecule has 0 saturated carbocycles. The van der Waals surface area contributed by atoms with Crippen LogP contribution >= 0.6 is 34.8 Å². The van der Waals surface area contributed by atoms with Crippen LogP contribution in [0.3, 0.4) is 0 Å². The summed E-state index contributed by atoms with van der Waals surface area (Å²) in [6.45, 7) is 1.22. The Labute approximate surface area is 172 Å². The van der Waals surface area contributed by atoms with E-state index in [4.69, 9.17) is 34.8 Å². The first-order valence-corrected chi connectivity index (χ1v) is 10.6. The highest BCUT2D eigenvalue weighted by Gasteiger charge is 2.21. The Morgan fingerprint density at radius 3 is 2.11 bits per heavy atom. The molecule has 6 nitrogen and oxygen atoms in total. The van der Waals surface area contributed by atoms with Crippen molar-refractivity contribution in [2.75, 3.05) is 17.1 Å². The Bertz CT molecular complexity index is 956. The summed E-state index contributed by atoms with van der Waals surface area (Å²) in [6, 6.07) is 11.2. The Hall–Kier alpha value is -1.80. The van der Waals surface area contributed by atoms with Gasteiger partial charge in [-0.3, -0.25) is 9.10 Å². The van der Waals surface area contributed by atoms with Crippen LogP contribution in [-0.4, -0.2) is 32.8 Å². The summed E-state index contributed by atoms with van der Waals surface area (Å²) in [6.07, 6.45) is 0.983. The van der Waals surface area contributed by atoms with Gasteiger partial charge in [0.15, 0.2) is 0 Å². The van der Waals surface area contributed by atoms with Gasteiger partial charge in [-0.25, -0.2) is 13.8 Å². The van der Waals surface area contributed by atoms with E-state index >= 15 is 0 Å². The summed E-state index contributed by atoms with van der Waals surface area (Å²) < 4.78 is 25.1. The molecular formula is C17H16Cl3N3O3S. The van der Waals surface area contributed by atoms with E-state index in [1.54, 1.807) is 31.2 Å². The molecular weight excluding hydrogens is 433 g/mol. The normalized spacial score (nSPS) is 12.0. The van der Waals surface area contributed by atoms with Crippen molar-refractivity contribution in [2.45, 2.75) is 6.92 Å². The molecule has 1 N–H and O–H groups in total. The molecule has 27 heavy (non-hydrogen) atoms. The number of carbonyl (C=O) groups excluding carboxylic acids is 1. The topological polar surface area (TPSA) is 78.8 Å². The second-order valence-corrected chi connectivity index (χ2v) is 8.85. The number of hydrogen-bond acceptors (Lipinski definition) is 4. The van der Waals surface area contributed by atoms with Gasteiger partial charge in [0.2, 0.25) is 10.0 Å². The zero-order valence-corrected chi connectivity index (χ0v) is 17.5. The first-order chi connectivity index (χ1) is 12.6. The molecule has 0 atom stereocenters. The van der Waals surface area contributed by atoms with Gasteiger partial charge >= 0.3 is 0 Å². The van der Waals surface area contributed by atoms with Crippen LogP contribution in [0.25, 0.3) is 0 Å². The van der Waals surface area contributed by atoms with Crippen LogP contribution in [0, 0.1) is 0 Å². The minimum absolute atomic E-state index is 0.184. The number of rotatable bonds is 6. The van der Waals surface area contributed by atoms with E-state index in [0.717, 1.165) is 16.1 Å². The maximum absolute atomic E-state index is 12.2. The molecule has 0 aliphatic carbocycles. The fourth-order valence-electron chi connectivity index (χ4n) is 2.15. The van der Waals surface area contributed by atoms with Crippen molar-refractivity contribution in [2.24, 2.45) is 5.10 Å². The SMILES string of the molecule is C/C(=N/NC(=O)CN(c1cc(Cl)cc(Cl)c1)S(C)(=O)=O)c1ccc(Cl)cc1. The lowest BCUT2D eigenvalue weighted by Crippen LogP contribution is -2.39. The van der Waals surface area contributed by atoms with E-state index in [9.17, 15) is 13.2 Å². The van der Waals surface area contributed by atoms with Crippen LogP contribution in [0.1, 0.15) is 12.5 Å². The summed E-state index contributed by atoms with van der Waals surface area (Å²) in [5.74, 6) is -0.621. The molecule has 2 aromatic rings. The van der Waals surface area contributed by atoms with Crippen LogP contribution in [0.4, 0.5) is 5.69 Å². The van der Waals surface area contributed by atoms with Gasteiger partial charge in [-0.2, -0.15) is 5.10 Å². The van der Waals surface area contributed by atoms with E-state index in [1.807, 2.05) is 0 Å². The molecule has 0 saturated heterocycles. The van der Waals surface area contributed by atoms with E-state index in [0.29, 0.717) is 10.7 Å². The lowest BCUT2D eigenvalue weighted by atomic mass is 10.1. The number of benzene rings is 2. The van der Waals surface area contributed by atoms with E-state index in [1.165, 1.54) is 18.2 Å². The number of sulfonamides is 1. The number of hydrazone groups is 1. The standard InChI is InChI=1S/C17H16Cl3N3O3S/c1-11(12-3-5-13(18)6-4-12)21-22-17(24)10-23(27(2,25)26)16-8-14(19)7-15(20)9-16/h3-9H,10H2,1-2H3,(H,22,24)/b21-11-. The average molecular weight is 449 g/mol. The first-order valence-electron chi connectivity index (χ1n) is 7.59. The number of carbonyl (C=O) groups is 1. The second-order valence-electron chi connectivity index (χ2n) is 5.64. The third-order valence-corrected chi connectivity index (χ3v) is 5.26. The highest BCUT2D eigenvalue weighted by Crippen LogP contribution is 2.26. The lowest BCUT2D eigenvalue weighted by Gasteiger charge is -2.21. The minimum atomic E-state index is -3.75. The van der Waals surface area contributed by atoms with Crippen molar-refractivity contribution in [3.63, 3.8) is 0 Å². The molecule has 0 heterocycles. The molecule has 0 bridgehead atoms. The molecule has 0 aromatic heterocycles. The molecule has 0 unspecified atom stereocenters. The van der Waals surface area contributed by atoms with Crippen LogP contribution in [0.5, 0.6) is 0 Å². The maximum atomic E-state index is 12.2. The van der Waals surface area contributed by atoms with Crippen molar-refractivity contribution in [1.29, 1.82) is 0 Å². The van der Waals surface area contributed by atoms with Gasteiger partial charge in [0.05, 0.1) is 17.7 Å². The number of nitrogens with one attached hydrogen (secondary N) is 1. The average Bonchev–Trinajstić information content (AvgIpc) is 2.56.